The van der Waals surface area contributed by atoms with E-state index in [4.69, 9.17) is 9.47 Å². The van der Waals surface area contributed by atoms with E-state index in [0.717, 1.165) is 0 Å². The maximum atomic E-state index is 12.9. The number of carbonyl (C=O) groups excluding carboxylic acids is 2. The molecular weight excluding hydrogens is 394 g/mol. The number of nitrogens with one attached hydrogen (secondary N) is 2. The van der Waals surface area contributed by atoms with E-state index in [1.807, 2.05) is 0 Å². The molecule has 0 spiro atoms. The number of hydrogen-bond donors (Lipinski definition) is 3. The summed E-state index contributed by atoms with van der Waals surface area (Å²) in [5.41, 5.74) is -1.88. The minimum Gasteiger partial charge on any atom is -0.504 e. The van der Waals surface area contributed by atoms with E-state index in [2.05, 4.69) is 31.5 Å². The van der Waals surface area contributed by atoms with Crippen LogP contribution in [0.3, 0.4) is 0 Å². The van der Waals surface area contributed by atoms with Crippen LogP contribution in [0.5, 0.6) is 5.75 Å². The van der Waals surface area contributed by atoms with Gasteiger partial charge in [-0.3, -0.25) is 4.79 Å². The monoisotopic (exact) mass is 415 g/mol. The van der Waals surface area contributed by atoms with Crippen molar-refractivity contribution in [2.24, 2.45) is 0 Å². The van der Waals surface area contributed by atoms with Crippen molar-refractivity contribution in [1.82, 2.24) is 10.3 Å². The topological polar surface area (TPSA) is 110 Å². The Morgan fingerprint density at radius 1 is 1.32 bits per heavy atom. The molecule has 0 bridgehead atoms. The zero-order chi connectivity index (χ0) is 18.7. The van der Waals surface area contributed by atoms with Crippen molar-refractivity contribution in [1.29, 1.82) is 0 Å². The van der Waals surface area contributed by atoms with Gasteiger partial charge in [-0.2, -0.15) is 0 Å². The molecule has 1 aliphatic rings. The molecule has 2 rings (SSSR count). The summed E-state index contributed by atoms with van der Waals surface area (Å²) in [5, 5.41) is 15.1. The Balaban J connectivity index is 2.19. The number of ether oxygens (including phenoxy) is 2. The van der Waals surface area contributed by atoms with Gasteiger partial charge in [0.05, 0.1) is 0 Å². The van der Waals surface area contributed by atoms with Gasteiger partial charge in [0.15, 0.2) is 11.6 Å². The lowest BCUT2D eigenvalue weighted by atomic mass is 9.89. The van der Waals surface area contributed by atoms with E-state index < -0.39 is 23.1 Å². The third-order valence-electron chi connectivity index (χ3n) is 3.59. The normalized spacial score (nSPS) is 16.8. The van der Waals surface area contributed by atoms with Crippen molar-refractivity contribution in [3.05, 3.63) is 16.7 Å². The van der Waals surface area contributed by atoms with Gasteiger partial charge in [0, 0.05) is 26.1 Å². The summed E-state index contributed by atoms with van der Waals surface area (Å²) in [5.74, 6) is -0.644. The molecule has 25 heavy (non-hydrogen) atoms. The molecule has 0 saturated carbocycles. The summed E-state index contributed by atoms with van der Waals surface area (Å²) < 4.78 is 11.0. The van der Waals surface area contributed by atoms with E-state index in [9.17, 15) is 14.7 Å². The van der Waals surface area contributed by atoms with E-state index in [-0.39, 0.29) is 24.4 Å². The summed E-state index contributed by atoms with van der Waals surface area (Å²) in [6.07, 6.45) is -0.115. The maximum Gasteiger partial charge on any atom is 0.408 e. The van der Waals surface area contributed by atoms with Crippen LogP contribution in [-0.4, -0.2) is 46.4 Å². The number of amides is 2. The standard InChI is InChI=1S/C16H22BrN3O5/c1-15(2,3)25-14(23)20-16(6-8-24-9-7-16)13(22)19-12-10(21)4-5-11(17)18-12/h4-5,21H,6-9H2,1-3H3,(H,20,23)(H,18,19,22). The van der Waals surface area contributed by atoms with Gasteiger partial charge in [0.1, 0.15) is 15.7 Å². The van der Waals surface area contributed by atoms with Crippen LogP contribution in [0.4, 0.5) is 10.6 Å². The van der Waals surface area contributed by atoms with Gasteiger partial charge in [0.25, 0.3) is 5.91 Å². The lowest BCUT2D eigenvalue weighted by Crippen LogP contribution is -2.60. The number of anilines is 1. The second kappa shape index (κ2) is 7.57. The molecule has 0 atom stereocenters. The van der Waals surface area contributed by atoms with Gasteiger partial charge in [-0.05, 0) is 48.8 Å². The van der Waals surface area contributed by atoms with Gasteiger partial charge in [0.2, 0.25) is 0 Å². The van der Waals surface area contributed by atoms with Gasteiger partial charge in [-0.15, -0.1) is 0 Å². The molecule has 0 aromatic carbocycles. The van der Waals surface area contributed by atoms with Crippen LogP contribution in [0, 0.1) is 0 Å². The largest absolute Gasteiger partial charge is 0.504 e. The summed E-state index contributed by atoms with van der Waals surface area (Å²) in [7, 11) is 0. The molecule has 8 nitrogen and oxygen atoms in total. The number of nitrogens with zero attached hydrogens (tertiary/aromatic N) is 1. The number of aromatic hydroxyl groups is 1. The molecule has 138 valence electrons. The predicted molar refractivity (Wildman–Crippen MR) is 94.4 cm³/mol. The van der Waals surface area contributed by atoms with Crippen molar-refractivity contribution in [2.75, 3.05) is 18.5 Å². The number of halogens is 1. The van der Waals surface area contributed by atoms with E-state index in [1.54, 1.807) is 26.8 Å². The van der Waals surface area contributed by atoms with Crippen molar-refractivity contribution in [3.63, 3.8) is 0 Å². The first-order valence-corrected chi connectivity index (χ1v) is 8.66. The molecule has 1 aromatic heterocycles. The lowest BCUT2D eigenvalue weighted by Gasteiger charge is -2.36. The fraction of sp³-hybridized carbons (Fsp3) is 0.562. The van der Waals surface area contributed by atoms with E-state index in [0.29, 0.717) is 17.8 Å². The Hall–Kier alpha value is -1.87. The molecule has 1 aromatic rings. The van der Waals surface area contributed by atoms with Crippen molar-refractivity contribution >= 4 is 33.7 Å². The third-order valence-corrected chi connectivity index (χ3v) is 4.03. The average molecular weight is 416 g/mol. The highest BCUT2D eigenvalue weighted by molar-refractivity contribution is 9.10. The number of rotatable bonds is 3. The Morgan fingerprint density at radius 3 is 2.56 bits per heavy atom. The molecule has 1 aliphatic heterocycles. The molecule has 1 saturated heterocycles. The molecule has 1 fully saturated rings. The zero-order valence-electron chi connectivity index (χ0n) is 14.4. The number of pyridine rings is 1. The maximum absolute atomic E-state index is 12.9. The molecule has 2 heterocycles. The van der Waals surface area contributed by atoms with E-state index in [1.165, 1.54) is 6.07 Å². The zero-order valence-corrected chi connectivity index (χ0v) is 16.0. The quantitative estimate of drug-likeness (QED) is 0.654. The van der Waals surface area contributed by atoms with Crippen LogP contribution in [0.25, 0.3) is 0 Å². The molecule has 0 aliphatic carbocycles. The minimum absolute atomic E-state index is 0.0104. The smallest absolute Gasteiger partial charge is 0.408 e. The number of alkyl carbamates (subject to hydrolysis) is 1. The molecule has 2 amide bonds. The first kappa shape index (κ1) is 19.5. The van der Waals surface area contributed by atoms with Gasteiger partial charge < -0.3 is 25.2 Å². The van der Waals surface area contributed by atoms with Crippen molar-refractivity contribution < 1.29 is 24.2 Å². The first-order valence-electron chi connectivity index (χ1n) is 7.87. The lowest BCUT2D eigenvalue weighted by molar-refractivity contribution is -0.126. The Kier molecular flexibility index (Phi) is 5.89. The highest BCUT2D eigenvalue weighted by Gasteiger charge is 2.43. The van der Waals surface area contributed by atoms with Gasteiger partial charge in [-0.25, -0.2) is 9.78 Å². The van der Waals surface area contributed by atoms with E-state index >= 15 is 0 Å². The van der Waals surface area contributed by atoms with Gasteiger partial charge in [-0.1, -0.05) is 0 Å². The van der Waals surface area contributed by atoms with Crippen LogP contribution in [0.15, 0.2) is 16.7 Å². The number of carbonyl (C=O) groups is 2. The molecule has 0 unspecified atom stereocenters. The second-order valence-electron chi connectivity index (χ2n) is 6.78. The van der Waals surface area contributed by atoms with Crippen molar-refractivity contribution in [2.45, 2.75) is 44.8 Å². The summed E-state index contributed by atoms with van der Waals surface area (Å²) in [4.78, 5) is 29.1. The second-order valence-corrected chi connectivity index (χ2v) is 7.59. The van der Waals surface area contributed by atoms with Crippen LogP contribution in [0.2, 0.25) is 0 Å². The molecule has 0 radical (unpaired) electrons. The fourth-order valence-electron chi connectivity index (χ4n) is 2.37. The SMILES string of the molecule is CC(C)(C)OC(=O)NC1(C(=O)Nc2nc(Br)ccc2O)CCOCC1. The number of hydrogen-bond acceptors (Lipinski definition) is 6. The van der Waals surface area contributed by atoms with Crippen molar-refractivity contribution in [3.8, 4) is 5.75 Å². The molecule has 9 heteroatoms. The Labute approximate surface area is 154 Å². The molecular formula is C16H22BrN3O5. The van der Waals surface area contributed by atoms with Crippen LogP contribution in [-0.2, 0) is 14.3 Å². The number of aromatic nitrogens is 1. The minimum atomic E-state index is -1.20. The highest BCUT2D eigenvalue weighted by Crippen LogP contribution is 2.27. The molecule has 3 N–H and O–H groups in total. The fourth-order valence-corrected chi connectivity index (χ4v) is 2.68. The average Bonchev–Trinajstić information content (AvgIpc) is 2.49. The van der Waals surface area contributed by atoms with Gasteiger partial charge >= 0.3 is 6.09 Å². The summed E-state index contributed by atoms with van der Waals surface area (Å²) >= 11 is 3.19. The Morgan fingerprint density at radius 2 is 1.96 bits per heavy atom. The highest BCUT2D eigenvalue weighted by atomic mass is 79.9. The Bertz CT molecular complexity index is 654. The summed E-state index contributed by atoms with van der Waals surface area (Å²) in [6.45, 7) is 5.87. The van der Waals surface area contributed by atoms with Crippen LogP contribution in [0.1, 0.15) is 33.6 Å². The third kappa shape index (κ3) is 5.30. The van der Waals surface area contributed by atoms with Crippen LogP contribution >= 0.6 is 15.9 Å². The predicted octanol–water partition coefficient (Wildman–Crippen LogP) is 2.56. The summed E-state index contributed by atoms with van der Waals surface area (Å²) in [6, 6.07) is 2.96. The first-order chi connectivity index (χ1) is 11.6. The van der Waals surface area contributed by atoms with Crippen LogP contribution < -0.4 is 10.6 Å².